The minimum absolute atomic E-state index is 0.526. The predicted molar refractivity (Wildman–Crippen MR) is 93.3 cm³/mol. The second-order valence-corrected chi connectivity index (χ2v) is 6.07. The Morgan fingerprint density at radius 1 is 1.17 bits per heavy atom. The molecule has 0 radical (unpaired) electrons. The summed E-state index contributed by atoms with van der Waals surface area (Å²) >= 11 is 1.42. The van der Waals surface area contributed by atoms with E-state index in [0.29, 0.717) is 11.1 Å². The number of nitrogens with two attached hydrogens (primary N) is 1. The van der Waals surface area contributed by atoms with E-state index >= 15 is 0 Å². The number of rotatable bonds is 4. The molecule has 6 nitrogen and oxygen atoms in total. The lowest BCUT2D eigenvalue weighted by atomic mass is 10.2. The van der Waals surface area contributed by atoms with Gasteiger partial charge in [-0.3, -0.25) is 0 Å². The molecule has 3 rings (SSSR count). The van der Waals surface area contributed by atoms with Gasteiger partial charge in [0.1, 0.15) is 5.75 Å². The maximum atomic E-state index is 5.76. The van der Waals surface area contributed by atoms with Crippen LogP contribution in [0.25, 0.3) is 10.6 Å². The van der Waals surface area contributed by atoms with E-state index in [1.807, 2.05) is 38.1 Å². The highest BCUT2D eigenvalue weighted by Crippen LogP contribution is 2.30. The molecule has 1 aromatic carbocycles. The molecule has 0 atom stereocenters. The summed E-state index contributed by atoms with van der Waals surface area (Å²) in [6.45, 7) is 3.91. The van der Waals surface area contributed by atoms with E-state index < -0.39 is 0 Å². The largest absolute Gasteiger partial charge is 0.496 e. The first-order chi connectivity index (χ1) is 11.1. The van der Waals surface area contributed by atoms with E-state index in [-0.39, 0.29) is 0 Å². The number of aromatic nitrogens is 3. The summed E-state index contributed by atoms with van der Waals surface area (Å²) in [6.07, 6.45) is 1.72. The lowest BCUT2D eigenvalue weighted by Gasteiger charge is -2.09. The average molecular weight is 327 g/mol. The molecule has 3 N–H and O–H groups in total. The second-order valence-electron chi connectivity index (χ2n) is 5.04. The zero-order chi connectivity index (χ0) is 16.4. The fourth-order valence-corrected chi connectivity index (χ4v) is 3.09. The first kappa shape index (κ1) is 15.2. The van der Waals surface area contributed by atoms with E-state index in [4.69, 9.17) is 10.5 Å². The molecule has 3 aromatic rings. The van der Waals surface area contributed by atoms with Crippen molar-refractivity contribution in [3.63, 3.8) is 0 Å². The highest BCUT2D eigenvalue weighted by molar-refractivity contribution is 7.18. The number of hydrogen-bond donors (Lipinski definition) is 2. The molecule has 0 bridgehead atoms. The van der Waals surface area contributed by atoms with Crippen molar-refractivity contribution in [2.45, 2.75) is 13.8 Å². The van der Waals surface area contributed by atoms with Crippen LogP contribution in [0, 0.1) is 13.8 Å². The third kappa shape index (κ3) is 3.24. The number of nitrogen functional groups attached to an aromatic ring is 1. The Bertz CT molecular complexity index is 846. The Kier molecular flexibility index (Phi) is 4.12. The Morgan fingerprint density at radius 3 is 2.65 bits per heavy atom. The topological polar surface area (TPSA) is 86.0 Å². The molecular formula is C16H17N5OS. The average Bonchev–Trinajstić information content (AvgIpc) is 2.86. The van der Waals surface area contributed by atoms with Gasteiger partial charge in [-0.05, 0) is 43.7 Å². The summed E-state index contributed by atoms with van der Waals surface area (Å²) in [7, 11) is 1.66. The van der Waals surface area contributed by atoms with Crippen molar-refractivity contribution < 1.29 is 4.74 Å². The van der Waals surface area contributed by atoms with Gasteiger partial charge in [0.15, 0.2) is 5.13 Å². The maximum Gasteiger partial charge on any atom is 0.227 e. The molecule has 0 aliphatic rings. The molecule has 118 valence electrons. The van der Waals surface area contributed by atoms with Gasteiger partial charge in [-0.15, -0.1) is 0 Å². The van der Waals surface area contributed by atoms with Gasteiger partial charge in [0.2, 0.25) is 5.95 Å². The monoisotopic (exact) mass is 327 g/mol. The highest BCUT2D eigenvalue weighted by Gasteiger charge is 2.10. The van der Waals surface area contributed by atoms with Gasteiger partial charge in [-0.2, -0.15) is 0 Å². The Hall–Kier alpha value is -2.67. The number of anilines is 3. The first-order valence-electron chi connectivity index (χ1n) is 7.05. The van der Waals surface area contributed by atoms with Crippen LogP contribution in [0.1, 0.15) is 11.3 Å². The Morgan fingerprint density at radius 2 is 2.00 bits per heavy atom. The van der Waals surface area contributed by atoms with Crippen molar-refractivity contribution in [1.29, 1.82) is 0 Å². The lowest BCUT2D eigenvalue weighted by Crippen LogP contribution is -1.98. The molecule has 2 heterocycles. The fourth-order valence-electron chi connectivity index (χ4n) is 2.29. The minimum atomic E-state index is 0.526. The molecule has 0 spiro atoms. The third-order valence-corrected chi connectivity index (χ3v) is 4.36. The summed E-state index contributed by atoms with van der Waals surface area (Å²) in [4.78, 5) is 14.0. The number of hydrogen-bond acceptors (Lipinski definition) is 7. The molecule has 0 aliphatic heterocycles. The first-order valence-corrected chi connectivity index (χ1v) is 7.86. The molecule has 0 fully saturated rings. The van der Waals surface area contributed by atoms with Crippen molar-refractivity contribution in [1.82, 2.24) is 15.0 Å². The van der Waals surface area contributed by atoms with E-state index in [1.54, 1.807) is 13.3 Å². The van der Waals surface area contributed by atoms with Crippen LogP contribution in [-0.2, 0) is 0 Å². The van der Waals surface area contributed by atoms with Crippen LogP contribution in [0.15, 0.2) is 30.5 Å². The van der Waals surface area contributed by atoms with Crippen LogP contribution >= 0.6 is 11.3 Å². The lowest BCUT2D eigenvalue weighted by molar-refractivity contribution is 0.412. The Labute approximate surface area is 138 Å². The van der Waals surface area contributed by atoms with Crippen LogP contribution in [0.4, 0.5) is 16.8 Å². The van der Waals surface area contributed by atoms with Crippen molar-refractivity contribution in [3.8, 4) is 16.3 Å². The predicted octanol–water partition coefficient (Wildman–Crippen LogP) is 3.55. The van der Waals surface area contributed by atoms with Crippen LogP contribution in [0.5, 0.6) is 5.75 Å². The van der Waals surface area contributed by atoms with Crippen LogP contribution in [0.2, 0.25) is 0 Å². The van der Waals surface area contributed by atoms with E-state index in [2.05, 4.69) is 20.3 Å². The summed E-state index contributed by atoms with van der Waals surface area (Å²) in [5, 5.41) is 3.75. The normalized spacial score (nSPS) is 10.6. The Balaban J connectivity index is 1.88. The van der Waals surface area contributed by atoms with E-state index in [9.17, 15) is 0 Å². The van der Waals surface area contributed by atoms with Gasteiger partial charge >= 0.3 is 0 Å². The summed E-state index contributed by atoms with van der Waals surface area (Å²) < 4.78 is 5.27. The van der Waals surface area contributed by atoms with Gasteiger partial charge in [0.25, 0.3) is 0 Å². The SMILES string of the molecule is COc1ccc(Nc2nccc(-c3sc(N)nc3C)n2)cc1C. The summed E-state index contributed by atoms with van der Waals surface area (Å²) in [5.74, 6) is 1.37. The summed E-state index contributed by atoms with van der Waals surface area (Å²) in [6, 6.07) is 7.68. The molecule has 7 heteroatoms. The molecule has 0 saturated heterocycles. The van der Waals surface area contributed by atoms with Crippen molar-refractivity contribution in [3.05, 3.63) is 41.7 Å². The smallest absolute Gasteiger partial charge is 0.227 e. The number of benzene rings is 1. The molecule has 0 saturated carbocycles. The number of aryl methyl sites for hydroxylation is 2. The quantitative estimate of drug-likeness (QED) is 0.762. The minimum Gasteiger partial charge on any atom is -0.496 e. The van der Waals surface area contributed by atoms with Crippen LogP contribution in [-0.4, -0.2) is 22.1 Å². The molecule has 0 unspecified atom stereocenters. The molecule has 0 aliphatic carbocycles. The van der Waals surface area contributed by atoms with Crippen molar-refractivity contribution in [2.24, 2.45) is 0 Å². The number of nitrogens with zero attached hydrogens (tertiary/aromatic N) is 3. The molecular weight excluding hydrogens is 310 g/mol. The third-order valence-electron chi connectivity index (χ3n) is 3.35. The number of ether oxygens (including phenoxy) is 1. The maximum absolute atomic E-state index is 5.76. The van der Waals surface area contributed by atoms with Gasteiger partial charge in [-0.25, -0.2) is 15.0 Å². The number of methoxy groups -OCH3 is 1. The highest BCUT2D eigenvalue weighted by atomic mass is 32.1. The fraction of sp³-hybridized carbons (Fsp3) is 0.188. The zero-order valence-electron chi connectivity index (χ0n) is 13.1. The van der Waals surface area contributed by atoms with E-state index in [0.717, 1.165) is 33.3 Å². The van der Waals surface area contributed by atoms with Gasteiger partial charge in [0, 0.05) is 11.9 Å². The van der Waals surface area contributed by atoms with Gasteiger partial charge in [-0.1, -0.05) is 11.3 Å². The molecule has 2 aromatic heterocycles. The van der Waals surface area contributed by atoms with Crippen molar-refractivity contribution in [2.75, 3.05) is 18.2 Å². The van der Waals surface area contributed by atoms with Gasteiger partial charge in [0.05, 0.1) is 23.4 Å². The number of thiazole rings is 1. The zero-order valence-corrected chi connectivity index (χ0v) is 13.9. The number of nitrogens with one attached hydrogen (secondary N) is 1. The molecule has 23 heavy (non-hydrogen) atoms. The molecule has 0 amide bonds. The standard InChI is InChI=1S/C16H17N5OS/c1-9-8-11(4-5-13(9)22-3)20-16-18-7-6-12(21-16)14-10(2)19-15(17)23-14/h4-8H,1-3H3,(H2,17,19)(H,18,20,21). The van der Waals surface area contributed by atoms with Crippen LogP contribution in [0.3, 0.4) is 0 Å². The second kappa shape index (κ2) is 6.21. The van der Waals surface area contributed by atoms with Crippen LogP contribution < -0.4 is 15.8 Å². The summed E-state index contributed by atoms with van der Waals surface area (Å²) in [5.41, 5.74) is 9.38. The van der Waals surface area contributed by atoms with Gasteiger partial charge < -0.3 is 15.8 Å². The van der Waals surface area contributed by atoms with E-state index in [1.165, 1.54) is 11.3 Å². The van der Waals surface area contributed by atoms with Crippen molar-refractivity contribution >= 4 is 28.1 Å².